The van der Waals surface area contributed by atoms with Crippen LogP contribution in [0.15, 0.2) is 12.1 Å². The molecule has 2 unspecified atom stereocenters. The smallest absolute Gasteiger partial charge is 0.254 e. The van der Waals surface area contributed by atoms with Crippen LogP contribution in [-0.2, 0) is 4.74 Å². The van der Waals surface area contributed by atoms with Gasteiger partial charge in [0.15, 0.2) is 11.5 Å². The lowest BCUT2D eigenvalue weighted by Gasteiger charge is -2.39. The van der Waals surface area contributed by atoms with Crippen molar-refractivity contribution in [2.75, 3.05) is 34.0 Å². The first-order chi connectivity index (χ1) is 13.9. The van der Waals surface area contributed by atoms with Gasteiger partial charge in [-0.3, -0.25) is 4.79 Å². The maximum Gasteiger partial charge on any atom is 0.254 e. The third kappa shape index (κ3) is 6.34. The van der Waals surface area contributed by atoms with E-state index in [0.29, 0.717) is 29.7 Å². The summed E-state index contributed by atoms with van der Waals surface area (Å²) in [5.74, 6) is 1.35. The van der Waals surface area contributed by atoms with Gasteiger partial charge >= 0.3 is 0 Å². The molecule has 1 heterocycles. The number of aryl methyl sites for hydroxylation is 1. The topological polar surface area (TPSA) is 60.0 Å². The Morgan fingerprint density at radius 2 is 1.90 bits per heavy atom. The molecule has 2 rings (SSSR count). The van der Waals surface area contributed by atoms with Gasteiger partial charge in [0.2, 0.25) is 0 Å². The highest BCUT2D eigenvalue weighted by atomic mass is 16.5. The molecular weight excluding hydrogens is 368 g/mol. The van der Waals surface area contributed by atoms with E-state index in [9.17, 15) is 4.79 Å². The van der Waals surface area contributed by atoms with Crippen molar-refractivity contribution in [3.05, 3.63) is 23.3 Å². The molecule has 0 bridgehead atoms. The van der Waals surface area contributed by atoms with Crippen LogP contribution < -0.4 is 14.8 Å². The average molecular weight is 407 g/mol. The number of ether oxygens (including phenoxy) is 3. The summed E-state index contributed by atoms with van der Waals surface area (Å²) in [6.07, 6.45) is 3.93. The first-order valence-electron chi connectivity index (χ1n) is 10.7. The zero-order chi connectivity index (χ0) is 21.4. The molecule has 1 fully saturated rings. The van der Waals surface area contributed by atoms with Gasteiger partial charge in [0.05, 0.1) is 13.7 Å². The Morgan fingerprint density at radius 1 is 1.17 bits per heavy atom. The number of unbranched alkanes of at least 4 members (excludes halogenated alkanes) is 1. The SMILES string of the molecule is COCCCCOc1cc(C(=O)N(C(C)C)C2CCC(C)NC2)c(C)cc1OC. The number of benzene rings is 1. The van der Waals surface area contributed by atoms with E-state index >= 15 is 0 Å². The van der Waals surface area contributed by atoms with E-state index in [2.05, 4.69) is 26.1 Å². The van der Waals surface area contributed by atoms with Gasteiger partial charge in [0.25, 0.3) is 5.91 Å². The molecule has 1 aromatic rings. The van der Waals surface area contributed by atoms with Crippen molar-refractivity contribution in [2.45, 2.75) is 71.5 Å². The minimum Gasteiger partial charge on any atom is -0.493 e. The van der Waals surface area contributed by atoms with Crippen molar-refractivity contribution >= 4 is 5.91 Å². The fraction of sp³-hybridized carbons (Fsp3) is 0.696. The summed E-state index contributed by atoms with van der Waals surface area (Å²) in [7, 11) is 3.33. The van der Waals surface area contributed by atoms with Crippen LogP contribution in [0.2, 0.25) is 0 Å². The summed E-state index contributed by atoms with van der Waals surface area (Å²) < 4.78 is 16.5. The van der Waals surface area contributed by atoms with E-state index < -0.39 is 0 Å². The monoisotopic (exact) mass is 406 g/mol. The molecule has 29 heavy (non-hydrogen) atoms. The number of methoxy groups -OCH3 is 2. The van der Waals surface area contributed by atoms with Crippen LogP contribution in [0, 0.1) is 6.92 Å². The van der Waals surface area contributed by atoms with Gasteiger partial charge in [-0.2, -0.15) is 0 Å². The summed E-state index contributed by atoms with van der Waals surface area (Å²) in [6, 6.07) is 4.59. The van der Waals surface area contributed by atoms with Crippen LogP contribution in [0.25, 0.3) is 0 Å². The second-order valence-corrected chi connectivity index (χ2v) is 8.21. The summed E-state index contributed by atoms with van der Waals surface area (Å²) in [5, 5.41) is 3.51. The number of hydrogen-bond acceptors (Lipinski definition) is 5. The molecule has 0 saturated carbocycles. The van der Waals surface area contributed by atoms with Crippen LogP contribution in [0.1, 0.15) is 62.4 Å². The molecule has 0 aliphatic carbocycles. The Kier molecular flexibility index (Phi) is 9.24. The lowest BCUT2D eigenvalue weighted by Crippen LogP contribution is -2.53. The second-order valence-electron chi connectivity index (χ2n) is 8.21. The molecule has 1 aliphatic heterocycles. The van der Waals surface area contributed by atoms with Crippen molar-refractivity contribution in [1.82, 2.24) is 10.2 Å². The van der Waals surface area contributed by atoms with Crippen molar-refractivity contribution in [2.24, 2.45) is 0 Å². The number of amides is 1. The van der Waals surface area contributed by atoms with E-state index in [-0.39, 0.29) is 18.0 Å². The van der Waals surface area contributed by atoms with Gasteiger partial charge in [-0.15, -0.1) is 0 Å². The number of carbonyl (C=O) groups is 1. The summed E-state index contributed by atoms with van der Waals surface area (Å²) in [5.41, 5.74) is 1.59. The van der Waals surface area contributed by atoms with Crippen LogP contribution in [-0.4, -0.2) is 62.9 Å². The molecule has 6 nitrogen and oxygen atoms in total. The molecule has 0 spiro atoms. The number of rotatable bonds is 10. The molecule has 6 heteroatoms. The fourth-order valence-electron chi connectivity index (χ4n) is 3.88. The molecule has 1 aromatic carbocycles. The molecule has 0 radical (unpaired) electrons. The molecule has 1 amide bonds. The van der Waals surface area contributed by atoms with E-state index in [1.54, 1.807) is 14.2 Å². The Bertz CT molecular complexity index is 655. The Balaban J connectivity index is 2.21. The summed E-state index contributed by atoms with van der Waals surface area (Å²) in [6.45, 7) is 10.4. The van der Waals surface area contributed by atoms with Gasteiger partial charge < -0.3 is 24.4 Å². The predicted octanol–water partition coefficient (Wildman–Crippen LogP) is 3.80. The van der Waals surface area contributed by atoms with E-state index in [4.69, 9.17) is 14.2 Å². The number of nitrogens with zero attached hydrogens (tertiary/aromatic N) is 1. The lowest BCUT2D eigenvalue weighted by molar-refractivity contribution is 0.0557. The van der Waals surface area contributed by atoms with E-state index in [1.807, 2.05) is 24.0 Å². The normalized spacial score (nSPS) is 19.3. The maximum absolute atomic E-state index is 13.5. The minimum absolute atomic E-state index is 0.0609. The zero-order valence-electron chi connectivity index (χ0n) is 18.9. The first kappa shape index (κ1) is 23.5. The van der Waals surface area contributed by atoms with Crippen LogP contribution in [0.5, 0.6) is 11.5 Å². The highest BCUT2D eigenvalue weighted by molar-refractivity contribution is 5.97. The van der Waals surface area contributed by atoms with Crippen LogP contribution in [0.4, 0.5) is 0 Å². The second kappa shape index (κ2) is 11.4. The largest absolute Gasteiger partial charge is 0.493 e. The third-order valence-corrected chi connectivity index (χ3v) is 5.56. The molecule has 0 aromatic heterocycles. The Labute approximate surface area is 175 Å². The van der Waals surface area contributed by atoms with Gasteiger partial charge in [0, 0.05) is 44.0 Å². The van der Waals surface area contributed by atoms with E-state index in [1.165, 1.54) is 0 Å². The summed E-state index contributed by atoms with van der Waals surface area (Å²) in [4.78, 5) is 15.6. The van der Waals surface area contributed by atoms with Crippen molar-refractivity contribution in [1.29, 1.82) is 0 Å². The Morgan fingerprint density at radius 3 is 2.48 bits per heavy atom. The van der Waals surface area contributed by atoms with Gasteiger partial charge in [-0.25, -0.2) is 0 Å². The molecule has 1 N–H and O–H groups in total. The lowest BCUT2D eigenvalue weighted by atomic mass is 9.97. The average Bonchev–Trinajstić information content (AvgIpc) is 2.69. The standard InChI is InChI=1S/C23H38N2O4/c1-16(2)25(19-10-9-18(4)24-15-19)23(26)20-14-22(21(28-6)13-17(20)3)29-12-8-7-11-27-5/h13-14,16,18-19,24H,7-12,15H2,1-6H3. The molecule has 1 aliphatic rings. The van der Waals surface area contributed by atoms with Crippen molar-refractivity contribution in [3.63, 3.8) is 0 Å². The minimum atomic E-state index is 0.0609. The number of nitrogens with one attached hydrogen (secondary N) is 1. The highest BCUT2D eigenvalue weighted by Gasteiger charge is 2.31. The summed E-state index contributed by atoms with van der Waals surface area (Å²) >= 11 is 0. The molecular formula is C23H38N2O4. The van der Waals surface area contributed by atoms with Crippen molar-refractivity contribution < 1.29 is 19.0 Å². The van der Waals surface area contributed by atoms with Gasteiger partial charge in [0.1, 0.15) is 0 Å². The predicted molar refractivity (Wildman–Crippen MR) is 116 cm³/mol. The van der Waals surface area contributed by atoms with Crippen molar-refractivity contribution in [3.8, 4) is 11.5 Å². The number of piperidine rings is 1. The number of carbonyl (C=O) groups excluding carboxylic acids is 1. The van der Waals surface area contributed by atoms with Crippen LogP contribution >= 0.6 is 0 Å². The fourth-order valence-corrected chi connectivity index (χ4v) is 3.88. The van der Waals surface area contributed by atoms with Gasteiger partial charge in [-0.1, -0.05) is 0 Å². The van der Waals surface area contributed by atoms with Gasteiger partial charge in [-0.05, 0) is 71.1 Å². The first-order valence-corrected chi connectivity index (χ1v) is 10.7. The highest BCUT2D eigenvalue weighted by Crippen LogP contribution is 2.32. The van der Waals surface area contributed by atoms with E-state index in [0.717, 1.165) is 44.4 Å². The maximum atomic E-state index is 13.5. The molecule has 164 valence electrons. The zero-order valence-corrected chi connectivity index (χ0v) is 18.9. The molecule has 2 atom stereocenters. The Hall–Kier alpha value is -1.79. The van der Waals surface area contributed by atoms with Crippen LogP contribution in [0.3, 0.4) is 0 Å². The third-order valence-electron chi connectivity index (χ3n) is 5.56. The number of hydrogen-bond donors (Lipinski definition) is 1. The molecule has 1 saturated heterocycles. The quantitative estimate of drug-likeness (QED) is 0.599.